The Kier molecular flexibility index (Phi) is 7.92. The number of aryl methyl sites for hydroxylation is 3. The van der Waals surface area contributed by atoms with Crippen molar-refractivity contribution in [2.75, 3.05) is 10.6 Å². The number of carbonyl (C=O) groups is 1. The molecule has 0 aliphatic rings. The second-order valence-corrected chi connectivity index (χ2v) is 10.6. The van der Waals surface area contributed by atoms with Crippen molar-refractivity contribution < 1.29 is 13.2 Å². The number of benzene rings is 3. The van der Waals surface area contributed by atoms with Crippen molar-refractivity contribution in [1.29, 1.82) is 0 Å². The number of sulfonamides is 1. The SMILES string of the molecule is Cc1ccc(C)c(N(Cc2ccc(C(=O)NC(C)CCc3ccccc3)cc2)S(C)(=O)=O)c1. The molecule has 33 heavy (non-hydrogen) atoms. The molecule has 3 aromatic carbocycles. The second-order valence-electron chi connectivity index (χ2n) is 8.66. The van der Waals surface area contributed by atoms with Gasteiger partial charge in [-0.15, -0.1) is 0 Å². The van der Waals surface area contributed by atoms with Crippen LogP contribution in [0, 0.1) is 13.8 Å². The molecule has 0 spiro atoms. The Morgan fingerprint density at radius 2 is 1.61 bits per heavy atom. The van der Waals surface area contributed by atoms with Gasteiger partial charge in [-0.3, -0.25) is 9.10 Å². The van der Waals surface area contributed by atoms with E-state index in [0.717, 1.165) is 29.5 Å². The van der Waals surface area contributed by atoms with Crippen LogP contribution in [0.2, 0.25) is 0 Å². The van der Waals surface area contributed by atoms with Crippen molar-refractivity contribution in [2.45, 2.75) is 46.2 Å². The molecule has 0 saturated heterocycles. The van der Waals surface area contributed by atoms with E-state index in [9.17, 15) is 13.2 Å². The second kappa shape index (κ2) is 10.7. The normalized spacial score (nSPS) is 12.2. The van der Waals surface area contributed by atoms with Crippen molar-refractivity contribution in [3.63, 3.8) is 0 Å². The molecular formula is C27H32N2O3S. The summed E-state index contributed by atoms with van der Waals surface area (Å²) in [6.45, 7) is 6.05. The van der Waals surface area contributed by atoms with Gasteiger partial charge in [0.2, 0.25) is 10.0 Å². The molecule has 6 heteroatoms. The highest BCUT2D eigenvalue weighted by molar-refractivity contribution is 7.92. The first-order valence-electron chi connectivity index (χ1n) is 11.1. The van der Waals surface area contributed by atoms with Crippen LogP contribution in [0.1, 0.15) is 46.0 Å². The highest BCUT2D eigenvalue weighted by Crippen LogP contribution is 2.26. The average molecular weight is 465 g/mol. The first-order chi connectivity index (χ1) is 15.6. The van der Waals surface area contributed by atoms with E-state index in [1.807, 2.05) is 69.3 Å². The summed E-state index contributed by atoms with van der Waals surface area (Å²) in [5.74, 6) is -0.128. The van der Waals surface area contributed by atoms with E-state index in [0.29, 0.717) is 11.3 Å². The number of anilines is 1. The molecule has 1 atom stereocenters. The molecule has 0 aliphatic carbocycles. The molecule has 1 amide bonds. The zero-order chi connectivity index (χ0) is 24.0. The topological polar surface area (TPSA) is 66.5 Å². The largest absolute Gasteiger partial charge is 0.350 e. The summed E-state index contributed by atoms with van der Waals surface area (Å²) >= 11 is 0. The van der Waals surface area contributed by atoms with Crippen LogP contribution in [0.3, 0.4) is 0 Å². The van der Waals surface area contributed by atoms with Crippen LogP contribution in [-0.4, -0.2) is 26.6 Å². The van der Waals surface area contributed by atoms with Gasteiger partial charge in [0, 0.05) is 11.6 Å². The molecule has 3 aromatic rings. The summed E-state index contributed by atoms with van der Waals surface area (Å²) in [6.07, 6.45) is 2.97. The Hall–Kier alpha value is -3.12. The first-order valence-corrected chi connectivity index (χ1v) is 13.0. The van der Waals surface area contributed by atoms with Gasteiger partial charge in [-0.05, 0) is 74.1 Å². The molecule has 0 radical (unpaired) electrons. The Morgan fingerprint density at radius 3 is 2.24 bits per heavy atom. The van der Waals surface area contributed by atoms with E-state index >= 15 is 0 Å². The fourth-order valence-electron chi connectivity index (χ4n) is 3.70. The van der Waals surface area contributed by atoms with E-state index in [4.69, 9.17) is 0 Å². The van der Waals surface area contributed by atoms with Crippen LogP contribution in [-0.2, 0) is 23.0 Å². The maximum Gasteiger partial charge on any atom is 0.251 e. The van der Waals surface area contributed by atoms with Crippen molar-refractivity contribution in [3.8, 4) is 0 Å². The van der Waals surface area contributed by atoms with Crippen LogP contribution in [0.5, 0.6) is 0 Å². The molecule has 0 aromatic heterocycles. The molecule has 1 N–H and O–H groups in total. The minimum absolute atomic E-state index is 0.0439. The zero-order valence-corrected chi connectivity index (χ0v) is 20.5. The third-order valence-corrected chi connectivity index (χ3v) is 6.79. The highest BCUT2D eigenvalue weighted by Gasteiger charge is 2.20. The van der Waals surface area contributed by atoms with Crippen LogP contribution in [0.15, 0.2) is 72.8 Å². The molecule has 1 unspecified atom stereocenters. The fraction of sp³-hybridized carbons (Fsp3) is 0.296. The number of amides is 1. The first kappa shape index (κ1) is 24.5. The number of carbonyl (C=O) groups excluding carboxylic acids is 1. The Bertz CT molecular complexity index is 1190. The van der Waals surface area contributed by atoms with Gasteiger partial charge in [-0.25, -0.2) is 8.42 Å². The summed E-state index contributed by atoms with van der Waals surface area (Å²) in [4.78, 5) is 12.6. The van der Waals surface area contributed by atoms with Crippen LogP contribution in [0.25, 0.3) is 0 Å². The van der Waals surface area contributed by atoms with Gasteiger partial charge in [-0.1, -0.05) is 54.6 Å². The van der Waals surface area contributed by atoms with Gasteiger partial charge >= 0.3 is 0 Å². The van der Waals surface area contributed by atoms with Crippen LogP contribution in [0.4, 0.5) is 5.69 Å². The van der Waals surface area contributed by atoms with Crippen LogP contribution >= 0.6 is 0 Å². The lowest BCUT2D eigenvalue weighted by molar-refractivity contribution is 0.0938. The van der Waals surface area contributed by atoms with E-state index in [1.165, 1.54) is 16.1 Å². The quantitative estimate of drug-likeness (QED) is 0.483. The van der Waals surface area contributed by atoms with Crippen molar-refractivity contribution in [3.05, 3.63) is 101 Å². The number of hydrogen-bond donors (Lipinski definition) is 1. The summed E-state index contributed by atoms with van der Waals surface area (Å²) in [5.41, 5.74) is 5.19. The van der Waals surface area contributed by atoms with Crippen molar-refractivity contribution in [1.82, 2.24) is 5.32 Å². The summed E-state index contributed by atoms with van der Waals surface area (Å²) < 4.78 is 26.5. The standard InChI is InChI=1S/C27H32N2O3S/c1-20-10-11-21(2)26(18-20)29(33(4,31)32)19-24-14-16-25(17-15-24)27(30)28-22(3)12-13-23-8-6-5-7-9-23/h5-11,14-18,22H,12-13,19H2,1-4H3,(H,28,30). The maximum absolute atomic E-state index is 12.6. The predicted molar refractivity (Wildman–Crippen MR) is 135 cm³/mol. The van der Waals surface area contributed by atoms with Crippen molar-refractivity contribution in [2.24, 2.45) is 0 Å². The van der Waals surface area contributed by atoms with E-state index in [-0.39, 0.29) is 18.5 Å². The number of hydrogen-bond acceptors (Lipinski definition) is 3. The highest BCUT2D eigenvalue weighted by atomic mass is 32.2. The molecule has 0 saturated carbocycles. The van der Waals surface area contributed by atoms with Gasteiger partial charge in [0.1, 0.15) is 0 Å². The fourth-order valence-corrected chi connectivity index (χ4v) is 4.64. The minimum atomic E-state index is -3.47. The van der Waals surface area contributed by atoms with E-state index in [1.54, 1.807) is 12.1 Å². The number of rotatable bonds is 9. The summed E-state index contributed by atoms with van der Waals surface area (Å²) in [7, 11) is -3.47. The molecule has 174 valence electrons. The van der Waals surface area contributed by atoms with Gasteiger partial charge in [-0.2, -0.15) is 0 Å². The lowest BCUT2D eigenvalue weighted by Crippen LogP contribution is -2.33. The van der Waals surface area contributed by atoms with E-state index < -0.39 is 10.0 Å². The van der Waals surface area contributed by atoms with E-state index in [2.05, 4.69) is 17.4 Å². The third-order valence-electron chi connectivity index (χ3n) is 5.66. The maximum atomic E-state index is 12.6. The number of nitrogens with zero attached hydrogens (tertiary/aromatic N) is 1. The van der Waals surface area contributed by atoms with Crippen LogP contribution < -0.4 is 9.62 Å². The van der Waals surface area contributed by atoms with Gasteiger partial charge in [0.25, 0.3) is 5.91 Å². The molecule has 3 rings (SSSR count). The minimum Gasteiger partial charge on any atom is -0.350 e. The monoisotopic (exact) mass is 464 g/mol. The molecule has 0 fully saturated rings. The lowest BCUT2D eigenvalue weighted by Gasteiger charge is -2.25. The Labute approximate surface area is 197 Å². The molecule has 5 nitrogen and oxygen atoms in total. The predicted octanol–water partition coefficient (Wildman–Crippen LogP) is 5.02. The summed E-state index contributed by atoms with van der Waals surface area (Å²) in [6, 6.07) is 23.2. The molecule has 0 bridgehead atoms. The zero-order valence-electron chi connectivity index (χ0n) is 19.7. The smallest absolute Gasteiger partial charge is 0.251 e. The average Bonchev–Trinajstić information content (AvgIpc) is 2.78. The van der Waals surface area contributed by atoms with Crippen molar-refractivity contribution >= 4 is 21.6 Å². The van der Waals surface area contributed by atoms with Gasteiger partial charge in [0.15, 0.2) is 0 Å². The third kappa shape index (κ3) is 6.93. The molecular weight excluding hydrogens is 432 g/mol. The lowest BCUT2D eigenvalue weighted by atomic mass is 10.1. The van der Waals surface area contributed by atoms with Gasteiger partial charge in [0.05, 0.1) is 18.5 Å². The summed E-state index contributed by atoms with van der Waals surface area (Å²) in [5, 5.41) is 3.05. The molecule has 0 heterocycles. The molecule has 0 aliphatic heterocycles. The Balaban J connectivity index is 1.65. The number of nitrogens with one attached hydrogen (secondary N) is 1. The Morgan fingerprint density at radius 1 is 0.939 bits per heavy atom. The van der Waals surface area contributed by atoms with Gasteiger partial charge < -0.3 is 5.32 Å².